The number of fused-ring (bicyclic) bond motifs is 3. The molecule has 2 saturated heterocycles. The summed E-state index contributed by atoms with van der Waals surface area (Å²) in [5.74, 6) is -0.111. The van der Waals surface area contributed by atoms with Crippen molar-refractivity contribution in [1.29, 1.82) is 0 Å². The second-order valence-electron chi connectivity index (χ2n) is 13.5. The fourth-order valence-corrected chi connectivity index (χ4v) is 10.4. The normalized spacial score (nSPS) is 45.0. The van der Waals surface area contributed by atoms with E-state index in [0.717, 1.165) is 19.3 Å². The smallest absolute Gasteiger partial charge is 0.297 e. The van der Waals surface area contributed by atoms with E-state index < -0.39 is 33.3 Å². The molecule has 0 aromatic heterocycles. The van der Waals surface area contributed by atoms with Gasteiger partial charge in [-0.3, -0.25) is 8.98 Å². The van der Waals surface area contributed by atoms with Gasteiger partial charge in [0.05, 0.1) is 28.4 Å². The van der Waals surface area contributed by atoms with Crippen molar-refractivity contribution < 1.29 is 32.1 Å². The number of nitrogens with one attached hydrogen (secondary N) is 1. The molecular weight excluding hydrogens is 532 g/mol. The van der Waals surface area contributed by atoms with Crippen molar-refractivity contribution in [3.8, 4) is 0 Å². The van der Waals surface area contributed by atoms with Crippen molar-refractivity contribution >= 4 is 21.7 Å². The van der Waals surface area contributed by atoms with E-state index in [4.69, 9.17) is 13.8 Å². The lowest BCUT2D eigenvalue weighted by Gasteiger charge is -2.70. The van der Waals surface area contributed by atoms with E-state index in [2.05, 4.69) is 38.2 Å². The van der Waals surface area contributed by atoms with E-state index in [9.17, 15) is 18.3 Å². The predicted molar refractivity (Wildman–Crippen MR) is 148 cm³/mol. The lowest BCUT2D eigenvalue weighted by atomic mass is 9.42. The fraction of sp³-hybridized carbons (Fsp3) is 0.733. The number of oxime groups is 1. The van der Waals surface area contributed by atoms with Gasteiger partial charge in [-0.1, -0.05) is 51.0 Å². The number of benzene rings is 1. The zero-order valence-corrected chi connectivity index (χ0v) is 24.8. The van der Waals surface area contributed by atoms with Gasteiger partial charge < -0.3 is 20.0 Å². The van der Waals surface area contributed by atoms with Gasteiger partial charge in [0.15, 0.2) is 0 Å². The predicted octanol–water partition coefficient (Wildman–Crippen LogP) is 3.52. The highest BCUT2D eigenvalue weighted by atomic mass is 32.2. The van der Waals surface area contributed by atoms with Gasteiger partial charge in [-0.2, -0.15) is 8.42 Å². The molecule has 1 amide bonds. The van der Waals surface area contributed by atoms with Crippen molar-refractivity contribution in [2.24, 2.45) is 45.6 Å². The number of hydrogen-bond donors (Lipinski definition) is 2. The molecule has 40 heavy (non-hydrogen) atoms. The molecule has 2 heterocycles. The Hall–Kier alpha value is -2.01. The molecule has 0 bridgehead atoms. The van der Waals surface area contributed by atoms with Crippen molar-refractivity contribution in [2.75, 3.05) is 13.7 Å². The first kappa shape index (κ1) is 28.1. The molecule has 5 aliphatic rings. The third-order valence-corrected chi connectivity index (χ3v) is 12.8. The number of nitrogens with zero attached hydrogens (tertiary/aromatic N) is 1. The summed E-state index contributed by atoms with van der Waals surface area (Å²) in [6, 6.07) is 8.16. The first-order valence-electron chi connectivity index (χ1n) is 14.6. The zero-order valence-electron chi connectivity index (χ0n) is 24.0. The monoisotopic (exact) mass is 574 g/mol. The van der Waals surface area contributed by atoms with Crippen LogP contribution in [-0.4, -0.2) is 62.7 Å². The average molecular weight is 575 g/mol. The highest BCUT2D eigenvalue weighted by Crippen LogP contribution is 2.68. The number of ether oxygens (including phenoxy) is 1. The van der Waals surface area contributed by atoms with Crippen LogP contribution in [0.1, 0.15) is 59.8 Å². The minimum atomic E-state index is -4.11. The molecule has 1 aromatic carbocycles. The molecule has 220 valence electrons. The Morgan fingerprint density at radius 2 is 1.82 bits per heavy atom. The summed E-state index contributed by atoms with van der Waals surface area (Å²) in [5.41, 5.74) is -1.14. The molecule has 10 atom stereocenters. The summed E-state index contributed by atoms with van der Waals surface area (Å²) in [5, 5.41) is 18.7. The highest BCUT2D eigenvalue weighted by Gasteiger charge is 2.72. The third kappa shape index (κ3) is 3.92. The van der Waals surface area contributed by atoms with E-state index in [0.29, 0.717) is 25.1 Å². The van der Waals surface area contributed by atoms with Gasteiger partial charge in [0, 0.05) is 41.5 Å². The SMILES string of the molecule is CON=C1C(OS(=O)(=O)c2ccccc2)CC23OC4C(CC2(C)C(C)CCC3C1(C)C)C(O)CC1C(=O)NCC14. The van der Waals surface area contributed by atoms with Crippen molar-refractivity contribution in [1.82, 2.24) is 5.32 Å². The molecule has 1 spiro atoms. The summed E-state index contributed by atoms with van der Waals surface area (Å²) in [4.78, 5) is 18.0. The van der Waals surface area contributed by atoms with Gasteiger partial charge in [0.2, 0.25) is 5.91 Å². The summed E-state index contributed by atoms with van der Waals surface area (Å²) >= 11 is 0. The van der Waals surface area contributed by atoms with Crippen LogP contribution in [0.5, 0.6) is 0 Å². The molecule has 6 rings (SSSR count). The maximum absolute atomic E-state index is 13.5. The molecule has 5 fully saturated rings. The van der Waals surface area contributed by atoms with Gasteiger partial charge >= 0.3 is 0 Å². The third-order valence-electron chi connectivity index (χ3n) is 11.5. The second-order valence-corrected chi connectivity index (χ2v) is 15.1. The molecule has 2 aliphatic heterocycles. The zero-order chi connectivity index (χ0) is 28.7. The van der Waals surface area contributed by atoms with Crippen LogP contribution in [0, 0.1) is 40.4 Å². The second kappa shape index (κ2) is 9.51. The molecule has 10 unspecified atom stereocenters. The van der Waals surface area contributed by atoms with E-state index in [1.807, 2.05) is 0 Å². The van der Waals surface area contributed by atoms with E-state index >= 15 is 0 Å². The summed E-state index contributed by atoms with van der Waals surface area (Å²) in [6.07, 6.45) is 1.55. The van der Waals surface area contributed by atoms with Gasteiger partial charge in [-0.25, -0.2) is 0 Å². The number of carbonyl (C=O) groups is 1. The Labute approximate surface area is 237 Å². The summed E-state index contributed by atoms with van der Waals surface area (Å²) in [7, 11) is -2.64. The molecule has 2 N–H and O–H groups in total. The quantitative estimate of drug-likeness (QED) is 0.417. The molecule has 1 aromatic rings. The summed E-state index contributed by atoms with van der Waals surface area (Å²) < 4.78 is 40.5. The number of carbonyl (C=O) groups excluding carboxylic acids is 1. The number of hydrogen-bond acceptors (Lipinski definition) is 8. The van der Waals surface area contributed by atoms with Crippen LogP contribution < -0.4 is 5.32 Å². The number of aliphatic hydroxyl groups excluding tert-OH is 1. The Morgan fingerprint density at radius 3 is 2.52 bits per heavy atom. The van der Waals surface area contributed by atoms with Crippen molar-refractivity contribution in [3.63, 3.8) is 0 Å². The Kier molecular flexibility index (Phi) is 6.68. The molecular formula is C30H42N2O7S. The molecule has 9 nitrogen and oxygen atoms in total. The summed E-state index contributed by atoms with van der Waals surface area (Å²) in [6.45, 7) is 9.23. The van der Waals surface area contributed by atoms with Gasteiger partial charge in [0.1, 0.15) is 13.2 Å². The number of rotatable bonds is 4. The number of aliphatic hydroxyl groups is 1. The Bertz CT molecular complexity index is 1300. The van der Waals surface area contributed by atoms with Crippen LogP contribution in [0.3, 0.4) is 0 Å². The van der Waals surface area contributed by atoms with Crippen LogP contribution in [0.2, 0.25) is 0 Å². The van der Waals surface area contributed by atoms with Crippen molar-refractivity contribution in [3.05, 3.63) is 30.3 Å². The minimum absolute atomic E-state index is 0.0120. The standard InChI is InChI=1S/C30H42N2O7S/c1-17-11-12-24-28(2,3)26(32-37-5)23(39-40(35,36)18-9-7-6-8-10-18)15-30(24)29(17,4)14-20-22(33)13-19-21(25(20)38-30)16-31-27(19)34/h6-10,17,19-25,33H,11-16H2,1-5H3,(H,31,34). The van der Waals surface area contributed by atoms with Crippen molar-refractivity contribution in [2.45, 2.75) is 88.6 Å². The largest absolute Gasteiger partial charge is 0.399 e. The van der Waals surface area contributed by atoms with Gasteiger partial charge in [-0.05, 0) is 49.7 Å². The fourth-order valence-electron chi connectivity index (χ4n) is 9.30. The molecule has 3 saturated carbocycles. The lowest BCUT2D eigenvalue weighted by molar-refractivity contribution is -0.323. The van der Waals surface area contributed by atoms with Gasteiger partial charge in [0.25, 0.3) is 10.1 Å². The van der Waals surface area contributed by atoms with Crippen LogP contribution in [-0.2, 0) is 28.7 Å². The average Bonchev–Trinajstić information content (AvgIpc) is 3.27. The maximum Gasteiger partial charge on any atom is 0.297 e. The van der Waals surface area contributed by atoms with Crippen LogP contribution in [0.15, 0.2) is 40.4 Å². The minimum Gasteiger partial charge on any atom is -0.399 e. The number of amides is 1. The van der Waals surface area contributed by atoms with E-state index in [1.54, 1.807) is 18.2 Å². The first-order chi connectivity index (χ1) is 18.9. The van der Waals surface area contributed by atoms with Gasteiger partial charge in [-0.15, -0.1) is 0 Å². The molecule has 3 aliphatic carbocycles. The maximum atomic E-state index is 13.5. The topological polar surface area (TPSA) is 124 Å². The molecule has 0 radical (unpaired) electrons. The molecule has 10 heteroatoms. The van der Waals surface area contributed by atoms with E-state index in [1.165, 1.54) is 19.2 Å². The first-order valence-corrected chi connectivity index (χ1v) is 16.0. The lowest BCUT2D eigenvalue weighted by Crippen LogP contribution is -2.74. The Morgan fingerprint density at radius 1 is 1.10 bits per heavy atom. The van der Waals surface area contributed by atoms with Crippen LogP contribution >= 0.6 is 0 Å². The van der Waals surface area contributed by atoms with E-state index in [-0.39, 0.29) is 51.9 Å². The van der Waals surface area contributed by atoms with Crippen LogP contribution in [0.25, 0.3) is 0 Å². The van der Waals surface area contributed by atoms with Crippen LogP contribution in [0.4, 0.5) is 0 Å². The highest BCUT2D eigenvalue weighted by molar-refractivity contribution is 7.86. The Balaban J connectivity index is 1.47.